The lowest BCUT2D eigenvalue weighted by Crippen LogP contribution is -2.48. The van der Waals surface area contributed by atoms with Gasteiger partial charge in [-0.2, -0.15) is 0 Å². The zero-order chi connectivity index (χ0) is 21.5. The van der Waals surface area contributed by atoms with Crippen molar-refractivity contribution in [3.63, 3.8) is 0 Å². The molecular formula is C18H15NO10. The van der Waals surface area contributed by atoms with Crippen molar-refractivity contribution in [1.29, 1.82) is 0 Å². The molecule has 1 fully saturated rings. The molecule has 29 heavy (non-hydrogen) atoms. The van der Waals surface area contributed by atoms with Gasteiger partial charge in [0.2, 0.25) is 5.78 Å². The van der Waals surface area contributed by atoms with Crippen LogP contribution in [0.25, 0.3) is 0 Å². The summed E-state index contributed by atoms with van der Waals surface area (Å²) in [5.74, 6) is -5.37. The summed E-state index contributed by atoms with van der Waals surface area (Å²) in [4.78, 5) is 59.4. The third-order valence-electron chi connectivity index (χ3n) is 4.80. The molecule has 0 aromatic heterocycles. The number of Topliss-reactive ketones (excluding diaryl/α,β-unsaturated/α-hetero) is 1. The van der Waals surface area contributed by atoms with Crippen molar-refractivity contribution in [2.24, 2.45) is 5.92 Å². The maximum absolute atomic E-state index is 12.8. The van der Waals surface area contributed by atoms with Crippen molar-refractivity contribution in [2.75, 3.05) is 13.7 Å². The minimum absolute atomic E-state index is 0.112. The highest BCUT2D eigenvalue weighted by atomic mass is 16.6. The fraction of sp³-hybridized carbons (Fsp3) is 0.333. The van der Waals surface area contributed by atoms with Crippen molar-refractivity contribution in [3.05, 3.63) is 51.1 Å². The van der Waals surface area contributed by atoms with Gasteiger partial charge in [-0.05, 0) is 19.1 Å². The van der Waals surface area contributed by atoms with Crippen LogP contribution in [0, 0.1) is 16.0 Å². The third-order valence-corrected chi connectivity index (χ3v) is 4.80. The lowest BCUT2D eigenvalue weighted by Gasteiger charge is -2.30. The smallest absolute Gasteiger partial charge is 0.338 e. The molecule has 1 aliphatic heterocycles. The quantitative estimate of drug-likeness (QED) is 0.315. The average molecular weight is 405 g/mol. The highest BCUT2D eigenvalue weighted by Crippen LogP contribution is 2.44. The van der Waals surface area contributed by atoms with E-state index in [1.807, 2.05) is 0 Å². The van der Waals surface area contributed by atoms with E-state index in [1.165, 1.54) is 0 Å². The molecule has 1 heterocycles. The van der Waals surface area contributed by atoms with E-state index in [9.17, 15) is 34.4 Å². The van der Waals surface area contributed by atoms with Gasteiger partial charge in [0.05, 0.1) is 23.2 Å². The van der Waals surface area contributed by atoms with E-state index in [4.69, 9.17) is 9.47 Å². The molecule has 3 atom stereocenters. The maximum atomic E-state index is 12.8. The van der Waals surface area contributed by atoms with Crippen molar-refractivity contribution in [1.82, 2.24) is 0 Å². The third kappa shape index (κ3) is 3.25. The van der Waals surface area contributed by atoms with Crippen LogP contribution in [0.3, 0.4) is 0 Å². The number of non-ortho nitro benzene ring substituents is 1. The minimum Gasteiger partial charge on any atom is -0.466 e. The predicted molar refractivity (Wildman–Crippen MR) is 91.4 cm³/mol. The fourth-order valence-corrected chi connectivity index (χ4v) is 3.34. The summed E-state index contributed by atoms with van der Waals surface area (Å²) in [6.07, 6.45) is -1.80. The van der Waals surface area contributed by atoms with Gasteiger partial charge < -0.3 is 19.3 Å². The van der Waals surface area contributed by atoms with Crippen molar-refractivity contribution < 1.29 is 43.4 Å². The molecule has 1 aromatic carbocycles. The van der Waals surface area contributed by atoms with Gasteiger partial charge in [0.1, 0.15) is 18.1 Å². The molecule has 11 nitrogen and oxygen atoms in total. The number of rotatable bonds is 4. The molecule has 0 saturated heterocycles. The molecule has 0 spiro atoms. The summed E-state index contributed by atoms with van der Waals surface area (Å²) in [6.45, 7) is 0.597. The Morgan fingerprint density at radius 3 is 2.41 bits per heavy atom. The number of carbonyl (C=O) groups is 4. The molecule has 0 amide bonds. The number of esters is 3. The van der Waals surface area contributed by atoms with Gasteiger partial charge in [0.25, 0.3) is 5.69 Å². The molecule has 1 aromatic rings. The molecule has 152 valence electrons. The van der Waals surface area contributed by atoms with Gasteiger partial charge >= 0.3 is 17.9 Å². The average Bonchev–Trinajstić information content (AvgIpc) is 2.89. The topological polar surface area (TPSA) is 159 Å². The van der Waals surface area contributed by atoms with Crippen molar-refractivity contribution >= 4 is 29.4 Å². The minimum atomic E-state index is -2.18. The summed E-state index contributed by atoms with van der Waals surface area (Å²) in [5.41, 5.74) is -3.11. The first-order valence-electron chi connectivity index (χ1n) is 8.29. The van der Waals surface area contributed by atoms with E-state index in [2.05, 4.69) is 4.74 Å². The number of hydrogen-bond acceptors (Lipinski definition) is 10. The number of nitro groups is 1. The first-order valence-corrected chi connectivity index (χ1v) is 8.29. The molecule has 0 unspecified atom stereocenters. The largest absolute Gasteiger partial charge is 0.466 e. The first kappa shape index (κ1) is 20.1. The Morgan fingerprint density at radius 2 is 1.86 bits per heavy atom. The summed E-state index contributed by atoms with van der Waals surface area (Å²) in [5, 5.41) is 21.5. The second kappa shape index (κ2) is 7.09. The Kier molecular flexibility index (Phi) is 4.93. The van der Waals surface area contributed by atoms with Crippen LogP contribution in [0.2, 0.25) is 0 Å². The van der Waals surface area contributed by atoms with Crippen LogP contribution in [-0.4, -0.2) is 59.1 Å². The number of ketones is 1. The number of fused-ring (bicyclic) bond motifs is 1. The lowest BCUT2D eigenvalue weighted by molar-refractivity contribution is -0.384. The highest BCUT2D eigenvalue weighted by molar-refractivity contribution is 6.15. The molecule has 1 saturated carbocycles. The van der Waals surface area contributed by atoms with Gasteiger partial charge in [-0.1, -0.05) is 0 Å². The van der Waals surface area contributed by atoms with E-state index < -0.39 is 52.8 Å². The number of benzene rings is 1. The second-order valence-electron chi connectivity index (χ2n) is 6.60. The fourth-order valence-electron chi connectivity index (χ4n) is 3.34. The second-order valence-corrected chi connectivity index (χ2v) is 6.60. The SMILES string of the molecule is COC(=O)C1=C2C(=O)[C@H](OC(=O)c3ccc([N+](=O)[O-])cc3)[C@](C)(O)[C@H]2C(=O)OC1. The van der Waals surface area contributed by atoms with E-state index in [1.54, 1.807) is 0 Å². The van der Waals surface area contributed by atoms with Crippen molar-refractivity contribution in [3.8, 4) is 0 Å². The summed E-state index contributed by atoms with van der Waals surface area (Å²) < 4.78 is 14.6. The predicted octanol–water partition coefficient (Wildman–Crippen LogP) is 0.0965. The monoisotopic (exact) mass is 405 g/mol. The number of nitrogens with zero attached hydrogens (tertiary/aromatic N) is 1. The Morgan fingerprint density at radius 1 is 1.24 bits per heavy atom. The van der Waals surface area contributed by atoms with Gasteiger partial charge in [-0.25, -0.2) is 9.59 Å². The van der Waals surface area contributed by atoms with Gasteiger partial charge in [-0.3, -0.25) is 19.7 Å². The van der Waals surface area contributed by atoms with Crippen LogP contribution in [-0.2, 0) is 28.6 Å². The number of methoxy groups -OCH3 is 1. The number of aliphatic hydroxyl groups is 1. The lowest BCUT2D eigenvalue weighted by atomic mass is 9.86. The van der Waals surface area contributed by atoms with Crippen LogP contribution in [0.15, 0.2) is 35.4 Å². The Labute approximate surface area is 163 Å². The van der Waals surface area contributed by atoms with Gasteiger partial charge in [0, 0.05) is 17.7 Å². The Balaban J connectivity index is 1.95. The molecule has 0 radical (unpaired) electrons. The zero-order valence-corrected chi connectivity index (χ0v) is 15.2. The van der Waals surface area contributed by atoms with E-state index in [0.29, 0.717) is 0 Å². The van der Waals surface area contributed by atoms with Crippen molar-refractivity contribution in [2.45, 2.75) is 18.6 Å². The number of cyclic esters (lactones) is 1. The Hall–Kier alpha value is -3.60. The molecule has 3 rings (SSSR count). The zero-order valence-electron chi connectivity index (χ0n) is 15.2. The summed E-state index contributed by atoms with van der Waals surface area (Å²) >= 11 is 0. The first-order chi connectivity index (χ1) is 13.6. The van der Waals surface area contributed by atoms with Crippen LogP contribution >= 0.6 is 0 Å². The highest BCUT2D eigenvalue weighted by Gasteiger charge is 2.62. The van der Waals surface area contributed by atoms with Crippen LogP contribution in [0.4, 0.5) is 5.69 Å². The summed E-state index contributed by atoms with van der Waals surface area (Å²) in [7, 11) is 1.07. The number of hydrogen-bond donors (Lipinski definition) is 1. The maximum Gasteiger partial charge on any atom is 0.338 e. The normalized spacial score (nSPS) is 25.9. The molecule has 2 aliphatic rings. The molecule has 0 bridgehead atoms. The molecule has 1 aliphatic carbocycles. The standard InChI is InChI=1S/C18H15NO10/c1-18(24)12-11(10(16(22)27-2)7-28-17(12)23)13(20)14(18)29-15(21)8-3-5-9(6-4-8)19(25)26/h3-6,12,14,24H,7H2,1-2H3/t12-,14+,18-/m1/s1. The van der Waals surface area contributed by atoms with E-state index in [-0.39, 0.29) is 22.4 Å². The van der Waals surface area contributed by atoms with Crippen LogP contribution in [0.5, 0.6) is 0 Å². The Bertz CT molecular complexity index is 959. The molecular weight excluding hydrogens is 390 g/mol. The number of nitro benzene ring substituents is 1. The van der Waals surface area contributed by atoms with E-state index in [0.717, 1.165) is 38.3 Å². The van der Waals surface area contributed by atoms with Crippen LogP contribution < -0.4 is 0 Å². The van der Waals surface area contributed by atoms with Gasteiger partial charge in [0.15, 0.2) is 6.10 Å². The molecule has 11 heteroatoms. The molecule has 1 N–H and O–H groups in total. The number of ether oxygens (including phenoxy) is 3. The van der Waals surface area contributed by atoms with Crippen LogP contribution in [0.1, 0.15) is 17.3 Å². The number of carbonyl (C=O) groups excluding carboxylic acids is 4. The van der Waals surface area contributed by atoms with Gasteiger partial charge in [-0.15, -0.1) is 0 Å². The van der Waals surface area contributed by atoms with E-state index >= 15 is 0 Å². The summed E-state index contributed by atoms with van der Waals surface area (Å²) in [6, 6.07) is 4.38.